The second-order valence-electron chi connectivity index (χ2n) is 2.24. The van der Waals surface area contributed by atoms with Crippen LogP contribution in [0.4, 0.5) is 8.78 Å². The average Bonchev–Trinajstić information content (AvgIpc) is 2.17. The summed E-state index contributed by atoms with van der Waals surface area (Å²) >= 11 is 0. The van der Waals surface area contributed by atoms with Crippen LogP contribution < -0.4 is 0 Å². The quantitative estimate of drug-likeness (QED) is 0.497. The molecule has 1 aliphatic carbocycles. The summed E-state index contributed by atoms with van der Waals surface area (Å²) in [5.41, 5.74) is -2.01. The maximum absolute atomic E-state index is 12.3. The van der Waals surface area contributed by atoms with Gasteiger partial charge in [-0.3, -0.25) is 0 Å². The second-order valence-corrected chi connectivity index (χ2v) is 2.24. The minimum atomic E-state index is -2.01. The molecule has 8 heavy (non-hydrogen) atoms. The van der Waals surface area contributed by atoms with Crippen LogP contribution in [0.1, 0.15) is 13.3 Å². The van der Waals surface area contributed by atoms with E-state index < -0.39 is 17.9 Å². The number of hydrogen-bond donors (Lipinski definition) is 0. The second kappa shape index (κ2) is 1.41. The molecule has 3 heteroatoms. The van der Waals surface area contributed by atoms with Crippen molar-refractivity contribution in [3.05, 3.63) is 0 Å². The molecule has 0 heterocycles. The van der Waals surface area contributed by atoms with Crippen LogP contribution in [0.15, 0.2) is 0 Å². The summed E-state index contributed by atoms with van der Waals surface area (Å²) in [6, 6.07) is 0. The van der Waals surface area contributed by atoms with Crippen molar-refractivity contribution in [2.75, 3.05) is 0 Å². The highest BCUT2D eigenvalue weighted by molar-refractivity contribution is 5.08. The third kappa shape index (κ3) is 0.616. The molecule has 0 spiro atoms. The molecule has 0 aromatic carbocycles. The largest absolute Gasteiger partial charge is 0.244 e. The molecule has 0 saturated heterocycles. The van der Waals surface area contributed by atoms with E-state index in [-0.39, 0.29) is 6.42 Å². The van der Waals surface area contributed by atoms with Gasteiger partial charge in [-0.05, 0) is 6.92 Å². The van der Waals surface area contributed by atoms with E-state index in [1.807, 2.05) is 0 Å². The molecule has 0 aromatic heterocycles. The first-order valence-electron chi connectivity index (χ1n) is 2.56. The zero-order valence-corrected chi connectivity index (χ0v) is 4.53. The van der Waals surface area contributed by atoms with E-state index in [0.717, 1.165) is 6.92 Å². The maximum Gasteiger partial charge on any atom is 0.173 e. The highest BCUT2D eigenvalue weighted by atomic mass is 19.2. The van der Waals surface area contributed by atoms with E-state index in [9.17, 15) is 13.9 Å². The number of alkyl halides is 2. The van der Waals surface area contributed by atoms with Crippen LogP contribution in [0.2, 0.25) is 0 Å². The molecule has 0 bridgehead atoms. The summed E-state index contributed by atoms with van der Waals surface area (Å²) < 4.78 is 24.2. The minimum absolute atomic E-state index is 0.197. The number of rotatable bonds is 1. The standard InChI is InChI=1S/C5H7F2O/c1-3(8)5(7)2-4(5)6/h3-4H,2H2,1H3. The molecular weight excluding hydrogens is 114 g/mol. The zero-order valence-electron chi connectivity index (χ0n) is 4.53. The molecule has 0 amide bonds. The molecule has 1 nitrogen and oxygen atoms in total. The Labute approximate surface area is 46.3 Å². The number of halogens is 2. The van der Waals surface area contributed by atoms with Gasteiger partial charge in [-0.2, -0.15) is 0 Å². The highest BCUT2D eigenvalue weighted by Gasteiger charge is 2.61. The zero-order chi connectivity index (χ0) is 6.36. The summed E-state index contributed by atoms with van der Waals surface area (Å²) in [5, 5.41) is 10.2. The fourth-order valence-corrected chi connectivity index (χ4v) is 0.636. The van der Waals surface area contributed by atoms with Crippen LogP contribution in [-0.4, -0.2) is 17.9 Å². The molecule has 1 radical (unpaired) electrons. The fourth-order valence-electron chi connectivity index (χ4n) is 0.636. The van der Waals surface area contributed by atoms with Crippen LogP contribution in [-0.2, 0) is 5.11 Å². The Balaban J connectivity index is 2.47. The van der Waals surface area contributed by atoms with E-state index in [4.69, 9.17) is 0 Å². The molecule has 47 valence electrons. The van der Waals surface area contributed by atoms with Gasteiger partial charge in [0.25, 0.3) is 0 Å². The minimum Gasteiger partial charge on any atom is -0.244 e. The first kappa shape index (κ1) is 5.95. The van der Waals surface area contributed by atoms with Crippen molar-refractivity contribution >= 4 is 0 Å². The predicted octanol–water partition coefficient (Wildman–Crippen LogP) is 1.26. The van der Waals surface area contributed by atoms with Gasteiger partial charge in [-0.15, -0.1) is 0 Å². The smallest absolute Gasteiger partial charge is 0.173 e. The SMILES string of the molecule is CC([O])C1(F)CC1F. The Morgan fingerprint density at radius 2 is 2.25 bits per heavy atom. The van der Waals surface area contributed by atoms with Gasteiger partial charge < -0.3 is 0 Å². The maximum atomic E-state index is 12.3. The average molecular weight is 121 g/mol. The van der Waals surface area contributed by atoms with Crippen molar-refractivity contribution in [3.63, 3.8) is 0 Å². The Morgan fingerprint density at radius 1 is 1.88 bits per heavy atom. The fraction of sp³-hybridized carbons (Fsp3) is 1.00. The monoisotopic (exact) mass is 121 g/mol. The third-order valence-corrected chi connectivity index (χ3v) is 1.53. The Bertz CT molecular complexity index is 105. The van der Waals surface area contributed by atoms with E-state index >= 15 is 0 Å². The van der Waals surface area contributed by atoms with E-state index in [1.54, 1.807) is 0 Å². The van der Waals surface area contributed by atoms with Crippen LogP contribution in [0.3, 0.4) is 0 Å². The van der Waals surface area contributed by atoms with Gasteiger partial charge in [0.1, 0.15) is 12.3 Å². The van der Waals surface area contributed by atoms with Crippen molar-refractivity contribution in [2.24, 2.45) is 0 Å². The van der Waals surface area contributed by atoms with Crippen molar-refractivity contribution in [1.29, 1.82) is 0 Å². The van der Waals surface area contributed by atoms with Crippen LogP contribution in [0.5, 0.6) is 0 Å². The summed E-state index contributed by atoms with van der Waals surface area (Å²) in [6.45, 7) is 1.15. The predicted molar refractivity (Wildman–Crippen MR) is 23.5 cm³/mol. The molecule has 3 unspecified atom stereocenters. The summed E-state index contributed by atoms with van der Waals surface area (Å²) in [4.78, 5) is 0. The third-order valence-electron chi connectivity index (χ3n) is 1.53. The normalized spacial score (nSPS) is 48.8. The summed E-state index contributed by atoms with van der Waals surface area (Å²) in [5.74, 6) is 0. The molecule has 1 saturated carbocycles. The molecule has 0 aliphatic heterocycles. The summed E-state index contributed by atoms with van der Waals surface area (Å²) in [7, 11) is 0. The lowest BCUT2D eigenvalue weighted by Gasteiger charge is -2.02. The van der Waals surface area contributed by atoms with E-state index in [0.29, 0.717) is 0 Å². The molecule has 1 rings (SSSR count). The Morgan fingerprint density at radius 3 is 2.25 bits per heavy atom. The van der Waals surface area contributed by atoms with Gasteiger partial charge in [0.15, 0.2) is 5.67 Å². The highest BCUT2D eigenvalue weighted by Crippen LogP contribution is 2.45. The van der Waals surface area contributed by atoms with Crippen LogP contribution >= 0.6 is 0 Å². The van der Waals surface area contributed by atoms with Crippen molar-refractivity contribution in [1.82, 2.24) is 0 Å². The van der Waals surface area contributed by atoms with Gasteiger partial charge >= 0.3 is 0 Å². The topological polar surface area (TPSA) is 19.9 Å². The lowest BCUT2D eigenvalue weighted by atomic mass is 10.2. The molecule has 1 fully saturated rings. The lowest BCUT2D eigenvalue weighted by Crippen LogP contribution is -2.20. The molecule has 1 aliphatic rings. The van der Waals surface area contributed by atoms with Crippen molar-refractivity contribution in [2.45, 2.75) is 31.3 Å². The van der Waals surface area contributed by atoms with Gasteiger partial charge in [-0.25, -0.2) is 13.9 Å². The van der Waals surface area contributed by atoms with E-state index in [1.165, 1.54) is 0 Å². The van der Waals surface area contributed by atoms with Gasteiger partial charge in [0, 0.05) is 6.42 Å². The number of hydrogen-bond acceptors (Lipinski definition) is 0. The first-order chi connectivity index (χ1) is 3.57. The lowest BCUT2D eigenvalue weighted by molar-refractivity contribution is 0.00578. The molecule has 3 atom stereocenters. The van der Waals surface area contributed by atoms with Gasteiger partial charge in [-0.1, -0.05) is 0 Å². The van der Waals surface area contributed by atoms with Gasteiger partial charge in [0.2, 0.25) is 0 Å². The van der Waals surface area contributed by atoms with E-state index in [2.05, 4.69) is 0 Å². The summed E-state index contributed by atoms with van der Waals surface area (Å²) in [6.07, 6.45) is -3.09. The Kier molecular flexibility index (Phi) is 1.05. The first-order valence-corrected chi connectivity index (χ1v) is 2.56. The van der Waals surface area contributed by atoms with Gasteiger partial charge in [0.05, 0.1) is 0 Å². The molecule has 0 aromatic rings. The van der Waals surface area contributed by atoms with Crippen molar-refractivity contribution < 1.29 is 13.9 Å². The van der Waals surface area contributed by atoms with Crippen LogP contribution in [0, 0.1) is 0 Å². The Hall–Kier alpha value is -0.180. The molecular formula is C5H7F2O. The molecule has 0 N–H and O–H groups in total. The van der Waals surface area contributed by atoms with Crippen molar-refractivity contribution in [3.8, 4) is 0 Å². The van der Waals surface area contributed by atoms with Crippen LogP contribution in [0.25, 0.3) is 0 Å².